The summed E-state index contributed by atoms with van der Waals surface area (Å²) < 4.78 is 32.5. The second-order valence-corrected chi connectivity index (χ2v) is 17.6. The van der Waals surface area contributed by atoms with Crippen molar-refractivity contribution in [1.29, 1.82) is 0 Å². The lowest BCUT2D eigenvalue weighted by atomic mass is 9.78. The molecule has 4 rings (SSSR count). The van der Waals surface area contributed by atoms with E-state index in [9.17, 15) is 0 Å². The Labute approximate surface area is 234 Å². The Bertz CT molecular complexity index is 1290. The van der Waals surface area contributed by atoms with Crippen molar-refractivity contribution in [3.05, 3.63) is 42.2 Å². The highest BCUT2D eigenvalue weighted by atomic mass is 28.4. The monoisotopic (exact) mass is 553 g/mol. The van der Waals surface area contributed by atoms with Crippen LogP contribution in [0.4, 0.5) is 0 Å². The van der Waals surface area contributed by atoms with Gasteiger partial charge in [-0.15, -0.1) is 0 Å². The number of fused-ring (bicyclic) bond motifs is 1. The van der Waals surface area contributed by atoms with Crippen LogP contribution in [-0.2, 0) is 25.1 Å². The molecule has 0 spiro atoms. The van der Waals surface area contributed by atoms with Crippen LogP contribution in [-0.4, -0.2) is 61.7 Å². The molecule has 0 amide bonds. The fourth-order valence-electron chi connectivity index (χ4n) is 4.05. The molecule has 3 aromatic rings. The molecule has 1 fully saturated rings. The zero-order valence-corrected chi connectivity index (χ0v) is 26.3. The lowest BCUT2D eigenvalue weighted by molar-refractivity contribution is 0.00578. The van der Waals surface area contributed by atoms with Gasteiger partial charge in [-0.2, -0.15) is 5.10 Å². The lowest BCUT2D eigenvalue weighted by Crippen LogP contribution is -2.41. The Hall–Kier alpha value is -2.24. The second-order valence-electron chi connectivity index (χ2n) is 12.8. The van der Waals surface area contributed by atoms with E-state index < -0.39 is 26.6 Å². The van der Waals surface area contributed by atoms with Gasteiger partial charge >= 0.3 is 7.12 Å². The Balaban J connectivity index is 1.70. The van der Waals surface area contributed by atoms with E-state index in [2.05, 4.69) is 67.6 Å². The maximum absolute atomic E-state index is 6.43. The van der Waals surface area contributed by atoms with Crippen LogP contribution in [0.1, 0.15) is 60.6 Å². The minimum Gasteiger partial charge on any atom is -0.493 e. The molecule has 0 unspecified atom stereocenters. The van der Waals surface area contributed by atoms with Gasteiger partial charge < -0.3 is 23.2 Å². The summed E-state index contributed by atoms with van der Waals surface area (Å²) in [6.07, 6.45) is 2.61. The molecule has 0 bridgehead atoms. The van der Waals surface area contributed by atoms with Crippen molar-refractivity contribution in [2.24, 2.45) is 0 Å². The molecule has 2 aromatic heterocycles. The van der Waals surface area contributed by atoms with Crippen LogP contribution in [0, 0.1) is 0 Å². The third-order valence-corrected chi connectivity index (χ3v) is 12.8. The summed E-state index contributed by atoms with van der Waals surface area (Å²) in [6, 6.07) is 10.0. The van der Waals surface area contributed by atoms with E-state index in [-0.39, 0.29) is 5.04 Å². The third kappa shape index (κ3) is 6.25. The number of nitrogens with zero attached hydrogens (tertiary/aromatic N) is 3. The predicted octanol–water partition coefficient (Wildman–Crippen LogP) is 5.66. The highest BCUT2D eigenvalue weighted by molar-refractivity contribution is 6.74. The van der Waals surface area contributed by atoms with Gasteiger partial charge in [-0.05, 0) is 75.6 Å². The van der Waals surface area contributed by atoms with Gasteiger partial charge in [0.25, 0.3) is 0 Å². The van der Waals surface area contributed by atoms with Crippen LogP contribution < -0.4 is 10.2 Å². The van der Waals surface area contributed by atoms with Gasteiger partial charge in [0.1, 0.15) is 5.75 Å². The Morgan fingerprint density at radius 3 is 2.36 bits per heavy atom. The standard InChI is InChI=1S/C29H44BN3O5Si/c1-27(2,3)39(9,10)36-20-22-13-11-14-26(32-22)33-24-17-21(30-37-28(4,5)29(6,7)38-30)18-25(23(24)19-31-33)35-16-12-15-34-8/h11,13-14,17-19H,12,15-16,20H2,1-10H3. The van der Waals surface area contributed by atoms with Crippen molar-refractivity contribution in [2.45, 2.75) is 90.8 Å². The highest BCUT2D eigenvalue weighted by Crippen LogP contribution is 2.38. The molecule has 0 N–H and O–H groups in total. The maximum Gasteiger partial charge on any atom is 0.495 e. The number of benzene rings is 1. The number of hydrogen-bond donors (Lipinski definition) is 0. The molecule has 0 aliphatic carbocycles. The summed E-state index contributed by atoms with van der Waals surface area (Å²) in [6.45, 7) is 21.1. The van der Waals surface area contributed by atoms with Gasteiger partial charge in [-0.3, -0.25) is 0 Å². The van der Waals surface area contributed by atoms with Crippen molar-refractivity contribution < 1.29 is 23.2 Å². The number of pyridine rings is 1. The molecule has 0 radical (unpaired) electrons. The van der Waals surface area contributed by atoms with E-state index >= 15 is 0 Å². The van der Waals surface area contributed by atoms with Gasteiger partial charge in [-0.25, -0.2) is 9.67 Å². The van der Waals surface area contributed by atoms with Gasteiger partial charge in [0.2, 0.25) is 0 Å². The number of hydrogen-bond acceptors (Lipinski definition) is 7. The molecule has 39 heavy (non-hydrogen) atoms. The smallest absolute Gasteiger partial charge is 0.493 e. The molecule has 1 aliphatic rings. The average Bonchev–Trinajstić information content (AvgIpc) is 3.37. The summed E-state index contributed by atoms with van der Waals surface area (Å²) in [4.78, 5) is 4.92. The first-order chi connectivity index (χ1) is 18.1. The molecule has 0 saturated carbocycles. The summed E-state index contributed by atoms with van der Waals surface area (Å²) in [5.41, 5.74) is 1.72. The number of methoxy groups -OCH3 is 1. The van der Waals surface area contributed by atoms with Crippen LogP contribution in [0.3, 0.4) is 0 Å². The van der Waals surface area contributed by atoms with Crippen LogP contribution in [0.2, 0.25) is 18.1 Å². The molecular formula is C29H44BN3O5Si. The summed E-state index contributed by atoms with van der Waals surface area (Å²) in [7, 11) is -0.736. The molecule has 1 aliphatic heterocycles. The molecule has 3 heterocycles. The van der Waals surface area contributed by atoms with Crippen molar-refractivity contribution in [1.82, 2.24) is 14.8 Å². The topological polar surface area (TPSA) is 76.9 Å². The number of rotatable bonds is 10. The van der Waals surface area contributed by atoms with Crippen molar-refractivity contribution in [3.8, 4) is 11.6 Å². The zero-order valence-electron chi connectivity index (χ0n) is 25.3. The van der Waals surface area contributed by atoms with Crippen molar-refractivity contribution in [3.63, 3.8) is 0 Å². The van der Waals surface area contributed by atoms with Crippen LogP contribution in [0.25, 0.3) is 16.7 Å². The van der Waals surface area contributed by atoms with E-state index in [1.54, 1.807) is 7.11 Å². The Morgan fingerprint density at radius 2 is 1.72 bits per heavy atom. The number of ether oxygens (including phenoxy) is 2. The highest BCUT2D eigenvalue weighted by Gasteiger charge is 2.52. The van der Waals surface area contributed by atoms with Gasteiger partial charge in [0.15, 0.2) is 14.1 Å². The zero-order chi connectivity index (χ0) is 28.6. The molecule has 10 heteroatoms. The Kier molecular flexibility index (Phi) is 8.37. The largest absolute Gasteiger partial charge is 0.495 e. The molecule has 1 aromatic carbocycles. The summed E-state index contributed by atoms with van der Waals surface area (Å²) in [5, 5.41) is 5.75. The minimum atomic E-state index is -1.90. The maximum atomic E-state index is 6.43. The first kappa shape index (κ1) is 29.7. The average molecular weight is 554 g/mol. The molecule has 8 nitrogen and oxygen atoms in total. The third-order valence-electron chi connectivity index (χ3n) is 8.34. The number of aromatic nitrogens is 3. The summed E-state index contributed by atoms with van der Waals surface area (Å²) >= 11 is 0. The second kappa shape index (κ2) is 11.0. The fraction of sp³-hybridized carbons (Fsp3) is 0.586. The van der Waals surface area contributed by atoms with Crippen molar-refractivity contribution >= 4 is 31.8 Å². The quantitative estimate of drug-likeness (QED) is 0.237. The predicted molar refractivity (Wildman–Crippen MR) is 159 cm³/mol. The molecule has 212 valence electrons. The Morgan fingerprint density at radius 1 is 1.03 bits per heavy atom. The first-order valence-electron chi connectivity index (χ1n) is 13.7. The summed E-state index contributed by atoms with van der Waals surface area (Å²) in [5.74, 6) is 1.45. The SMILES string of the molecule is COCCCOc1cc(B2OC(C)(C)C(C)(C)O2)cc2c1cnn2-c1cccc(CO[Si](C)(C)C(C)(C)C)n1. The fourth-order valence-corrected chi connectivity index (χ4v) is 5.00. The van der Waals surface area contributed by atoms with E-state index in [1.165, 1.54) is 0 Å². The molecule has 0 atom stereocenters. The van der Waals surface area contributed by atoms with E-state index in [0.717, 1.165) is 40.0 Å². The van der Waals surface area contributed by atoms with Crippen LogP contribution in [0.5, 0.6) is 5.75 Å². The van der Waals surface area contributed by atoms with Gasteiger partial charge in [0.05, 0.1) is 47.2 Å². The van der Waals surface area contributed by atoms with Crippen LogP contribution >= 0.6 is 0 Å². The molecular weight excluding hydrogens is 509 g/mol. The van der Waals surface area contributed by atoms with Crippen molar-refractivity contribution in [2.75, 3.05) is 20.3 Å². The van der Waals surface area contributed by atoms with E-state index in [4.69, 9.17) is 33.3 Å². The normalized spacial score (nSPS) is 17.2. The lowest BCUT2D eigenvalue weighted by Gasteiger charge is -2.36. The van der Waals surface area contributed by atoms with E-state index in [0.29, 0.717) is 19.8 Å². The molecule has 1 saturated heterocycles. The van der Waals surface area contributed by atoms with E-state index in [1.807, 2.05) is 35.1 Å². The first-order valence-corrected chi connectivity index (χ1v) is 16.7. The van der Waals surface area contributed by atoms with Crippen LogP contribution in [0.15, 0.2) is 36.5 Å². The van der Waals surface area contributed by atoms with Gasteiger partial charge in [0, 0.05) is 20.1 Å². The van der Waals surface area contributed by atoms with Gasteiger partial charge in [-0.1, -0.05) is 26.8 Å². The minimum absolute atomic E-state index is 0.131.